The maximum atomic E-state index is 14.5. The highest BCUT2D eigenvalue weighted by molar-refractivity contribution is 5.93. The molecule has 1 saturated heterocycles. The highest BCUT2D eigenvalue weighted by Gasteiger charge is 2.32. The second-order valence-electron chi connectivity index (χ2n) is 9.70. The van der Waals surface area contributed by atoms with Crippen LogP contribution in [0.1, 0.15) is 56.8 Å². The molecule has 4 aromatic rings. The summed E-state index contributed by atoms with van der Waals surface area (Å²) in [5, 5.41) is 20.1. The summed E-state index contributed by atoms with van der Waals surface area (Å²) in [5.41, 5.74) is 8.21. The van der Waals surface area contributed by atoms with E-state index in [0.29, 0.717) is 28.4 Å². The molecule has 1 aliphatic heterocycles. The van der Waals surface area contributed by atoms with E-state index >= 15 is 0 Å². The first-order chi connectivity index (χ1) is 16.9. The first-order valence-corrected chi connectivity index (χ1v) is 12.1. The molecule has 6 rings (SSSR count). The Morgan fingerprint density at radius 2 is 2.03 bits per heavy atom. The van der Waals surface area contributed by atoms with Crippen LogP contribution >= 0.6 is 0 Å². The van der Waals surface area contributed by atoms with E-state index in [-0.39, 0.29) is 29.8 Å². The monoisotopic (exact) mass is 480 g/mol. The molecular formula is C24H29FN8O2. The van der Waals surface area contributed by atoms with E-state index in [0.717, 1.165) is 44.3 Å². The molecule has 10 nitrogen and oxygen atoms in total. The molecule has 1 aromatic carbocycles. The Labute approximate surface area is 201 Å². The van der Waals surface area contributed by atoms with Gasteiger partial charge in [-0.1, -0.05) is 0 Å². The van der Waals surface area contributed by atoms with Crippen LogP contribution in [0.3, 0.4) is 0 Å². The van der Waals surface area contributed by atoms with Crippen molar-refractivity contribution in [1.82, 2.24) is 29.4 Å². The second-order valence-corrected chi connectivity index (χ2v) is 9.70. The number of aromatic nitrogens is 6. The van der Waals surface area contributed by atoms with E-state index in [1.54, 1.807) is 0 Å². The molecule has 35 heavy (non-hydrogen) atoms. The summed E-state index contributed by atoms with van der Waals surface area (Å²) in [4.78, 5) is 11.5. The molecule has 2 aliphatic rings. The third-order valence-corrected chi connectivity index (χ3v) is 7.54. The number of hydrogen-bond acceptors (Lipinski definition) is 8. The summed E-state index contributed by atoms with van der Waals surface area (Å²) in [6, 6.07) is 3.28. The molecule has 2 unspecified atom stereocenters. The number of aliphatic hydroxyl groups excluding tert-OH is 1. The van der Waals surface area contributed by atoms with Gasteiger partial charge in [-0.2, -0.15) is 9.61 Å². The zero-order valence-electron chi connectivity index (χ0n) is 19.8. The molecule has 0 amide bonds. The fraction of sp³-hybridized carbons (Fsp3) is 0.500. The molecule has 1 saturated carbocycles. The van der Waals surface area contributed by atoms with Gasteiger partial charge in [0, 0.05) is 36.2 Å². The predicted molar refractivity (Wildman–Crippen MR) is 129 cm³/mol. The Kier molecular flexibility index (Phi) is 5.24. The average molecular weight is 481 g/mol. The minimum atomic E-state index is -0.486. The lowest BCUT2D eigenvalue weighted by Gasteiger charge is -2.37. The topological polar surface area (TPSA) is 120 Å². The Morgan fingerprint density at radius 3 is 2.80 bits per heavy atom. The summed E-state index contributed by atoms with van der Waals surface area (Å²) in [6.45, 7) is 2.94. The largest absolute Gasteiger partial charge is 0.494 e. The van der Waals surface area contributed by atoms with Gasteiger partial charge in [-0.15, -0.1) is 5.10 Å². The molecule has 4 atom stereocenters. The number of rotatable bonds is 4. The van der Waals surface area contributed by atoms with Gasteiger partial charge in [0.1, 0.15) is 0 Å². The van der Waals surface area contributed by atoms with Crippen molar-refractivity contribution in [2.75, 3.05) is 24.3 Å². The summed E-state index contributed by atoms with van der Waals surface area (Å²) < 4.78 is 22.9. The molecule has 4 heterocycles. The normalized spacial score (nSPS) is 25.1. The van der Waals surface area contributed by atoms with Gasteiger partial charge in [0.2, 0.25) is 5.95 Å². The molecule has 184 valence electrons. The third-order valence-electron chi connectivity index (χ3n) is 7.54. The minimum absolute atomic E-state index is 0.0440. The summed E-state index contributed by atoms with van der Waals surface area (Å²) in [6.07, 6.45) is 8.27. The fourth-order valence-corrected chi connectivity index (χ4v) is 5.54. The Bertz CT molecular complexity index is 1400. The van der Waals surface area contributed by atoms with Gasteiger partial charge in [0.25, 0.3) is 0 Å². The predicted octanol–water partition coefficient (Wildman–Crippen LogP) is 3.06. The number of nitrogens with two attached hydrogens (primary N) is 1. The van der Waals surface area contributed by atoms with E-state index in [2.05, 4.69) is 27.0 Å². The van der Waals surface area contributed by atoms with Crippen molar-refractivity contribution in [3.8, 4) is 5.75 Å². The van der Waals surface area contributed by atoms with E-state index in [1.807, 2.05) is 17.1 Å². The van der Waals surface area contributed by atoms with E-state index in [9.17, 15) is 9.50 Å². The number of aliphatic hydroxyl groups is 1. The third kappa shape index (κ3) is 3.65. The standard InChI is InChI=1S/C24H29FN8O2/c1-13-6-7-14(11-31(13)15-10-27-32(12-15)19-4-3-5-20(19)34)22-29-23-16-8-17(25)21(35-2)9-18(16)28-24(26)33(23)30-22/h8-10,12-14,19-20,34H,3-7,11H2,1-2H3,(H2,26,28)/t13-,14+,19?,20?/m0/s1. The van der Waals surface area contributed by atoms with Crippen LogP contribution in [-0.2, 0) is 0 Å². The van der Waals surface area contributed by atoms with Crippen molar-refractivity contribution in [3.05, 3.63) is 36.2 Å². The van der Waals surface area contributed by atoms with Gasteiger partial charge in [-0.3, -0.25) is 4.68 Å². The van der Waals surface area contributed by atoms with Crippen LogP contribution in [0.4, 0.5) is 16.0 Å². The SMILES string of the molecule is COc1cc2nc(N)n3nc([C@@H]4CC[C@H](C)N(c5cnn(C6CCCC6O)c5)C4)nc3c2cc1F. The summed E-state index contributed by atoms with van der Waals surface area (Å²) in [5.74, 6) is 0.551. The number of methoxy groups -OCH3 is 1. The van der Waals surface area contributed by atoms with Crippen LogP contribution < -0.4 is 15.4 Å². The smallest absolute Gasteiger partial charge is 0.223 e. The van der Waals surface area contributed by atoms with Crippen LogP contribution in [-0.4, -0.2) is 60.3 Å². The van der Waals surface area contributed by atoms with Crippen LogP contribution in [0.2, 0.25) is 0 Å². The van der Waals surface area contributed by atoms with Crippen molar-refractivity contribution in [3.63, 3.8) is 0 Å². The number of nitrogens with zero attached hydrogens (tertiary/aromatic N) is 7. The zero-order chi connectivity index (χ0) is 24.3. The van der Waals surface area contributed by atoms with Crippen LogP contribution in [0.5, 0.6) is 5.75 Å². The fourth-order valence-electron chi connectivity index (χ4n) is 5.54. The number of hydrogen-bond donors (Lipinski definition) is 2. The molecule has 0 bridgehead atoms. The van der Waals surface area contributed by atoms with Crippen molar-refractivity contribution in [2.24, 2.45) is 0 Å². The minimum Gasteiger partial charge on any atom is -0.494 e. The van der Waals surface area contributed by atoms with Crippen molar-refractivity contribution in [2.45, 2.75) is 63.1 Å². The number of ether oxygens (including phenoxy) is 1. The Morgan fingerprint density at radius 1 is 1.17 bits per heavy atom. The summed E-state index contributed by atoms with van der Waals surface area (Å²) >= 11 is 0. The van der Waals surface area contributed by atoms with E-state index in [4.69, 9.17) is 15.5 Å². The highest BCUT2D eigenvalue weighted by atomic mass is 19.1. The number of halogens is 1. The van der Waals surface area contributed by atoms with Crippen molar-refractivity contribution in [1.29, 1.82) is 0 Å². The van der Waals surface area contributed by atoms with Gasteiger partial charge in [-0.05, 0) is 45.1 Å². The van der Waals surface area contributed by atoms with Gasteiger partial charge in [-0.25, -0.2) is 14.4 Å². The maximum Gasteiger partial charge on any atom is 0.223 e. The average Bonchev–Trinajstić information content (AvgIpc) is 3.59. The molecule has 1 aliphatic carbocycles. The molecule has 0 spiro atoms. The van der Waals surface area contributed by atoms with Crippen LogP contribution in [0, 0.1) is 5.82 Å². The maximum absolute atomic E-state index is 14.5. The van der Waals surface area contributed by atoms with Gasteiger partial charge >= 0.3 is 0 Å². The molecule has 11 heteroatoms. The molecular weight excluding hydrogens is 451 g/mol. The molecule has 3 N–H and O–H groups in total. The second kappa shape index (κ2) is 8.33. The number of benzene rings is 1. The van der Waals surface area contributed by atoms with Gasteiger partial charge < -0.3 is 20.5 Å². The zero-order valence-corrected chi connectivity index (χ0v) is 19.8. The molecule has 3 aromatic heterocycles. The Balaban J connectivity index is 1.33. The van der Waals surface area contributed by atoms with Crippen LogP contribution in [0.25, 0.3) is 16.6 Å². The van der Waals surface area contributed by atoms with E-state index in [1.165, 1.54) is 23.8 Å². The van der Waals surface area contributed by atoms with E-state index < -0.39 is 5.82 Å². The molecule has 0 radical (unpaired) electrons. The molecule has 2 fully saturated rings. The first kappa shape index (κ1) is 22.0. The first-order valence-electron chi connectivity index (χ1n) is 12.1. The van der Waals surface area contributed by atoms with Crippen LogP contribution in [0.15, 0.2) is 24.5 Å². The van der Waals surface area contributed by atoms with Crippen molar-refractivity contribution < 1.29 is 14.2 Å². The number of nitrogen functional groups attached to an aromatic ring is 1. The summed E-state index contributed by atoms with van der Waals surface area (Å²) in [7, 11) is 1.41. The highest BCUT2D eigenvalue weighted by Crippen LogP contribution is 2.35. The lowest BCUT2D eigenvalue weighted by molar-refractivity contribution is 0.130. The van der Waals surface area contributed by atoms with Gasteiger partial charge in [0.05, 0.1) is 36.7 Å². The number of fused-ring (bicyclic) bond motifs is 3. The van der Waals surface area contributed by atoms with Crippen molar-refractivity contribution >= 4 is 28.2 Å². The lowest BCUT2D eigenvalue weighted by Crippen LogP contribution is -2.41. The lowest BCUT2D eigenvalue weighted by atomic mass is 9.92. The Hall–Kier alpha value is -3.47. The number of piperidine rings is 1. The quantitative estimate of drug-likeness (QED) is 0.457. The number of anilines is 2. The van der Waals surface area contributed by atoms with Gasteiger partial charge in [0.15, 0.2) is 23.0 Å².